The SMILES string of the molecule is CNC(CO)C(C)c1ccc2ccoc2c1. The molecule has 0 aliphatic rings. The Labute approximate surface area is 95.1 Å². The van der Waals surface area contributed by atoms with Gasteiger partial charge in [-0.15, -0.1) is 0 Å². The number of benzene rings is 1. The summed E-state index contributed by atoms with van der Waals surface area (Å²) in [6.45, 7) is 2.23. The smallest absolute Gasteiger partial charge is 0.134 e. The molecule has 0 saturated carbocycles. The first-order valence-electron chi connectivity index (χ1n) is 5.51. The Morgan fingerprint density at radius 3 is 2.88 bits per heavy atom. The monoisotopic (exact) mass is 219 g/mol. The first kappa shape index (κ1) is 11.2. The highest BCUT2D eigenvalue weighted by atomic mass is 16.3. The average Bonchev–Trinajstić information content (AvgIpc) is 2.77. The van der Waals surface area contributed by atoms with Crippen LogP contribution >= 0.6 is 0 Å². The van der Waals surface area contributed by atoms with Gasteiger partial charge in [0.1, 0.15) is 5.58 Å². The van der Waals surface area contributed by atoms with Gasteiger partial charge in [0, 0.05) is 11.4 Å². The largest absolute Gasteiger partial charge is 0.464 e. The fraction of sp³-hybridized carbons (Fsp3) is 0.385. The van der Waals surface area contributed by atoms with Gasteiger partial charge in [-0.05, 0) is 30.7 Å². The van der Waals surface area contributed by atoms with Gasteiger partial charge in [0.05, 0.1) is 12.9 Å². The predicted molar refractivity (Wildman–Crippen MR) is 64.6 cm³/mol. The Morgan fingerprint density at radius 2 is 2.19 bits per heavy atom. The Kier molecular flexibility index (Phi) is 3.27. The minimum atomic E-state index is 0.0763. The van der Waals surface area contributed by atoms with E-state index < -0.39 is 0 Å². The molecule has 0 radical (unpaired) electrons. The van der Waals surface area contributed by atoms with Crippen molar-refractivity contribution < 1.29 is 9.52 Å². The maximum absolute atomic E-state index is 9.25. The minimum absolute atomic E-state index is 0.0763. The highest BCUT2D eigenvalue weighted by molar-refractivity contribution is 5.77. The second kappa shape index (κ2) is 4.68. The number of rotatable bonds is 4. The fourth-order valence-electron chi connectivity index (χ4n) is 1.99. The van der Waals surface area contributed by atoms with Crippen molar-refractivity contribution in [1.82, 2.24) is 5.32 Å². The number of likely N-dealkylation sites (N-methyl/N-ethyl adjacent to an activating group) is 1. The van der Waals surface area contributed by atoms with Crippen molar-refractivity contribution in [2.75, 3.05) is 13.7 Å². The van der Waals surface area contributed by atoms with E-state index in [0.717, 1.165) is 11.0 Å². The van der Waals surface area contributed by atoms with E-state index in [1.807, 2.05) is 19.2 Å². The van der Waals surface area contributed by atoms with Gasteiger partial charge in [-0.2, -0.15) is 0 Å². The molecule has 1 heterocycles. The maximum atomic E-state index is 9.25. The lowest BCUT2D eigenvalue weighted by Gasteiger charge is -2.21. The molecule has 3 heteroatoms. The van der Waals surface area contributed by atoms with Gasteiger partial charge >= 0.3 is 0 Å². The van der Waals surface area contributed by atoms with E-state index in [9.17, 15) is 5.11 Å². The van der Waals surface area contributed by atoms with Gasteiger partial charge in [0.2, 0.25) is 0 Å². The standard InChI is InChI=1S/C13H17NO2/c1-9(12(8-15)14-2)11-4-3-10-5-6-16-13(10)7-11/h3-7,9,12,14-15H,8H2,1-2H3. The molecular weight excluding hydrogens is 202 g/mol. The van der Waals surface area contributed by atoms with Crippen molar-refractivity contribution in [2.24, 2.45) is 0 Å². The molecule has 1 aromatic carbocycles. The molecule has 0 bridgehead atoms. The number of aliphatic hydroxyl groups excluding tert-OH is 1. The van der Waals surface area contributed by atoms with Gasteiger partial charge in [0.15, 0.2) is 0 Å². The summed E-state index contributed by atoms with van der Waals surface area (Å²) >= 11 is 0. The molecule has 86 valence electrons. The van der Waals surface area contributed by atoms with E-state index in [4.69, 9.17) is 4.42 Å². The number of fused-ring (bicyclic) bond motifs is 1. The van der Waals surface area contributed by atoms with E-state index in [1.54, 1.807) is 6.26 Å². The van der Waals surface area contributed by atoms with Crippen molar-refractivity contribution >= 4 is 11.0 Å². The summed E-state index contributed by atoms with van der Waals surface area (Å²) in [6, 6.07) is 8.20. The first-order chi connectivity index (χ1) is 7.76. The van der Waals surface area contributed by atoms with E-state index in [2.05, 4.69) is 24.4 Å². The summed E-state index contributed by atoms with van der Waals surface area (Å²) in [5, 5.41) is 13.5. The van der Waals surface area contributed by atoms with Crippen molar-refractivity contribution in [3.05, 3.63) is 36.1 Å². The lowest BCUT2D eigenvalue weighted by atomic mass is 9.93. The predicted octanol–water partition coefficient (Wildman–Crippen LogP) is 2.12. The van der Waals surface area contributed by atoms with Crippen molar-refractivity contribution in [3.8, 4) is 0 Å². The summed E-state index contributed by atoms with van der Waals surface area (Å²) in [6.07, 6.45) is 1.70. The molecule has 2 unspecified atom stereocenters. The van der Waals surface area contributed by atoms with Crippen LogP contribution in [0, 0.1) is 0 Å². The number of hydrogen-bond donors (Lipinski definition) is 2. The molecule has 0 saturated heterocycles. The van der Waals surface area contributed by atoms with Crippen LogP contribution in [0.2, 0.25) is 0 Å². The molecule has 2 aromatic rings. The zero-order chi connectivity index (χ0) is 11.5. The zero-order valence-corrected chi connectivity index (χ0v) is 9.60. The van der Waals surface area contributed by atoms with Crippen LogP contribution in [0.3, 0.4) is 0 Å². The molecule has 16 heavy (non-hydrogen) atoms. The van der Waals surface area contributed by atoms with Crippen molar-refractivity contribution in [2.45, 2.75) is 18.9 Å². The molecule has 0 aliphatic heterocycles. The van der Waals surface area contributed by atoms with Gasteiger partial charge in [-0.3, -0.25) is 0 Å². The van der Waals surface area contributed by atoms with Crippen molar-refractivity contribution in [1.29, 1.82) is 0 Å². The highest BCUT2D eigenvalue weighted by Crippen LogP contribution is 2.24. The highest BCUT2D eigenvalue weighted by Gasteiger charge is 2.16. The number of nitrogens with one attached hydrogen (secondary N) is 1. The van der Waals surface area contributed by atoms with E-state index >= 15 is 0 Å². The molecular formula is C13H17NO2. The third-order valence-corrected chi connectivity index (χ3v) is 3.18. The topological polar surface area (TPSA) is 45.4 Å². The van der Waals surface area contributed by atoms with E-state index in [-0.39, 0.29) is 18.6 Å². The summed E-state index contributed by atoms with van der Waals surface area (Å²) < 4.78 is 5.37. The summed E-state index contributed by atoms with van der Waals surface area (Å²) in [5.74, 6) is 0.254. The molecule has 0 fully saturated rings. The second-order valence-corrected chi connectivity index (χ2v) is 4.08. The Balaban J connectivity index is 2.31. The molecule has 0 amide bonds. The second-order valence-electron chi connectivity index (χ2n) is 4.08. The minimum Gasteiger partial charge on any atom is -0.464 e. The summed E-state index contributed by atoms with van der Waals surface area (Å²) in [5.41, 5.74) is 2.08. The number of aliphatic hydroxyl groups is 1. The third-order valence-electron chi connectivity index (χ3n) is 3.18. The summed E-state index contributed by atoms with van der Waals surface area (Å²) in [4.78, 5) is 0. The van der Waals surface area contributed by atoms with Crippen LogP contribution in [0.1, 0.15) is 18.4 Å². The lowest BCUT2D eigenvalue weighted by Crippen LogP contribution is -2.34. The Morgan fingerprint density at radius 1 is 1.38 bits per heavy atom. The number of hydrogen-bond acceptors (Lipinski definition) is 3. The quantitative estimate of drug-likeness (QED) is 0.828. The first-order valence-corrected chi connectivity index (χ1v) is 5.51. The van der Waals surface area contributed by atoms with Crippen LogP contribution in [-0.2, 0) is 0 Å². The normalized spacial score (nSPS) is 15.2. The van der Waals surface area contributed by atoms with Gasteiger partial charge in [-0.1, -0.05) is 19.1 Å². The van der Waals surface area contributed by atoms with Crippen LogP contribution in [0.4, 0.5) is 0 Å². The molecule has 2 rings (SSSR count). The average molecular weight is 219 g/mol. The van der Waals surface area contributed by atoms with Gasteiger partial charge in [0.25, 0.3) is 0 Å². The third kappa shape index (κ3) is 1.96. The lowest BCUT2D eigenvalue weighted by molar-refractivity contribution is 0.233. The van der Waals surface area contributed by atoms with Crippen LogP contribution in [-0.4, -0.2) is 24.8 Å². The zero-order valence-electron chi connectivity index (χ0n) is 9.60. The maximum Gasteiger partial charge on any atom is 0.134 e. The van der Waals surface area contributed by atoms with Gasteiger partial charge < -0.3 is 14.8 Å². The van der Waals surface area contributed by atoms with Crippen LogP contribution in [0.25, 0.3) is 11.0 Å². The molecule has 1 aromatic heterocycles. The molecule has 0 spiro atoms. The fourth-order valence-corrected chi connectivity index (χ4v) is 1.99. The molecule has 3 nitrogen and oxygen atoms in total. The Bertz CT molecular complexity index is 460. The van der Waals surface area contributed by atoms with Gasteiger partial charge in [-0.25, -0.2) is 0 Å². The summed E-state index contributed by atoms with van der Waals surface area (Å²) in [7, 11) is 1.86. The molecule has 2 atom stereocenters. The number of furan rings is 1. The van der Waals surface area contributed by atoms with Crippen LogP contribution < -0.4 is 5.32 Å². The van der Waals surface area contributed by atoms with E-state index in [1.165, 1.54) is 5.56 Å². The molecule has 2 N–H and O–H groups in total. The van der Waals surface area contributed by atoms with Crippen LogP contribution in [0.15, 0.2) is 34.9 Å². The Hall–Kier alpha value is -1.32. The molecule has 0 aliphatic carbocycles. The van der Waals surface area contributed by atoms with Crippen LogP contribution in [0.5, 0.6) is 0 Å². The van der Waals surface area contributed by atoms with E-state index in [0.29, 0.717) is 0 Å². The van der Waals surface area contributed by atoms with Crippen molar-refractivity contribution in [3.63, 3.8) is 0 Å².